The van der Waals surface area contributed by atoms with Crippen molar-refractivity contribution in [3.8, 4) is 5.75 Å². The van der Waals surface area contributed by atoms with Gasteiger partial charge in [0.05, 0.1) is 12.0 Å². The molecule has 3 N–H and O–H groups in total. The molecule has 0 fully saturated rings. The van der Waals surface area contributed by atoms with Gasteiger partial charge in [0.2, 0.25) is 5.91 Å². The molecule has 3 aromatic carbocycles. The molecule has 9 heteroatoms. The van der Waals surface area contributed by atoms with Crippen LogP contribution in [0.15, 0.2) is 71.8 Å². The molecule has 1 aromatic heterocycles. The zero-order chi connectivity index (χ0) is 32.1. The molecule has 0 radical (unpaired) electrons. The Morgan fingerprint density at radius 1 is 0.977 bits per heavy atom. The molecule has 0 saturated carbocycles. The standard InChI is InChI=1S/C35H43N3O5S/c1-7-11-26(29-22-37-30-17-14-24(19-28(29)30)21-35(4,5)34(40)36-18-8-2)27-16-15-25(20-31(27)43-6)33(39)38-44(41,42)32-13-10-9-12-23(32)3/h9-10,12-17,19-20,22,26,37H,7-8,11,18,21H2,1-6H3,(H,36,40)(H,38,39). The van der Waals surface area contributed by atoms with Gasteiger partial charge in [0.15, 0.2) is 0 Å². The number of hydrogen-bond acceptors (Lipinski definition) is 5. The third-order valence-electron chi connectivity index (χ3n) is 8.01. The van der Waals surface area contributed by atoms with Crippen molar-refractivity contribution >= 4 is 32.7 Å². The highest BCUT2D eigenvalue weighted by Crippen LogP contribution is 2.39. The summed E-state index contributed by atoms with van der Waals surface area (Å²) in [5.41, 5.74) is 4.23. The minimum absolute atomic E-state index is 0.0400. The zero-order valence-corrected chi connectivity index (χ0v) is 27.2. The Morgan fingerprint density at radius 3 is 2.41 bits per heavy atom. The number of ether oxygens (including phenoxy) is 1. The third kappa shape index (κ3) is 7.16. The first-order valence-electron chi connectivity index (χ1n) is 15.1. The maximum atomic E-state index is 13.1. The highest BCUT2D eigenvalue weighted by Gasteiger charge is 2.29. The number of fused-ring (bicyclic) bond motifs is 1. The molecular formula is C35H43N3O5S. The van der Waals surface area contributed by atoms with Gasteiger partial charge < -0.3 is 15.0 Å². The van der Waals surface area contributed by atoms with Crippen molar-refractivity contribution in [1.29, 1.82) is 0 Å². The van der Waals surface area contributed by atoms with Gasteiger partial charge in [-0.25, -0.2) is 13.1 Å². The van der Waals surface area contributed by atoms with E-state index in [1.54, 1.807) is 44.4 Å². The van der Waals surface area contributed by atoms with E-state index in [1.807, 2.05) is 33.0 Å². The molecule has 4 rings (SSSR count). The van der Waals surface area contributed by atoms with Crippen LogP contribution in [0.2, 0.25) is 0 Å². The van der Waals surface area contributed by atoms with E-state index in [0.717, 1.165) is 46.9 Å². The summed E-state index contributed by atoms with van der Waals surface area (Å²) in [6.45, 7) is 10.4. The smallest absolute Gasteiger partial charge is 0.265 e. The summed E-state index contributed by atoms with van der Waals surface area (Å²) in [5.74, 6) is -0.234. The summed E-state index contributed by atoms with van der Waals surface area (Å²) in [6, 6.07) is 17.9. The lowest BCUT2D eigenvalue weighted by Gasteiger charge is -2.24. The summed E-state index contributed by atoms with van der Waals surface area (Å²) in [7, 11) is -2.50. The summed E-state index contributed by atoms with van der Waals surface area (Å²) in [4.78, 5) is 29.4. The quantitative estimate of drug-likeness (QED) is 0.156. The van der Waals surface area contributed by atoms with Gasteiger partial charge in [-0.3, -0.25) is 9.59 Å². The molecule has 0 aliphatic carbocycles. The molecule has 0 spiro atoms. The molecule has 0 bridgehead atoms. The van der Waals surface area contributed by atoms with Crippen LogP contribution in [0.3, 0.4) is 0 Å². The maximum absolute atomic E-state index is 13.1. The molecule has 44 heavy (non-hydrogen) atoms. The van der Waals surface area contributed by atoms with Crippen LogP contribution < -0.4 is 14.8 Å². The van der Waals surface area contributed by atoms with E-state index >= 15 is 0 Å². The fourth-order valence-electron chi connectivity index (χ4n) is 5.66. The highest BCUT2D eigenvalue weighted by atomic mass is 32.2. The van der Waals surface area contributed by atoms with Crippen molar-refractivity contribution in [3.63, 3.8) is 0 Å². The highest BCUT2D eigenvalue weighted by molar-refractivity contribution is 7.90. The number of aromatic amines is 1. The lowest BCUT2D eigenvalue weighted by atomic mass is 9.83. The number of aromatic nitrogens is 1. The van der Waals surface area contributed by atoms with E-state index in [9.17, 15) is 18.0 Å². The Morgan fingerprint density at radius 2 is 1.73 bits per heavy atom. The number of carbonyl (C=O) groups excluding carboxylic acids is 2. The molecule has 1 unspecified atom stereocenters. The first-order valence-corrected chi connectivity index (χ1v) is 16.6. The Hall–Kier alpha value is -4.11. The second kappa shape index (κ2) is 13.7. The number of aryl methyl sites for hydroxylation is 1. The van der Waals surface area contributed by atoms with E-state index in [0.29, 0.717) is 24.3 Å². The maximum Gasteiger partial charge on any atom is 0.265 e. The van der Waals surface area contributed by atoms with Crippen LogP contribution in [-0.2, 0) is 21.2 Å². The van der Waals surface area contributed by atoms with Crippen LogP contribution in [0.4, 0.5) is 0 Å². The summed E-state index contributed by atoms with van der Waals surface area (Å²) in [5, 5.41) is 4.09. The molecule has 0 saturated heterocycles. The zero-order valence-electron chi connectivity index (χ0n) is 26.4. The Balaban J connectivity index is 1.66. The van der Waals surface area contributed by atoms with Gasteiger partial charge in [-0.1, -0.05) is 64.4 Å². The fourth-order valence-corrected chi connectivity index (χ4v) is 6.88. The number of hydrogen-bond donors (Lipinski definition) is 3. The van der Waals surface area contributed by atoms with Crippen molar-refractivity contribution in [2.45, 2.75) is 71.1 Å². The Labute approximate surface area is 260 Å². The summed E-state index contributed by atoms with van der Waals surface area (Å²) < 4.78 is 33.8. The molecule has 0 aliphatic rings. The van der Waals surface area contributed by atoms with Crippen LogP contribution in [0, 0.1) is 12.3 Å². The van der Waals surface area contributed by atoms with Crippen LogP contribution in [-0.4, -0.2) is 38.9 Å². The van der Waals surface area contributed by atoms with Gasteiger partial charge >= 0.3 is 0 Å². The van der Waals surface area contributed by atoms with Gasteiger partial charge in [-0.2, -0.15) is 0 Å². The number of carbonyl (C=O) groups is 2. The number of methoxy groups -OCH3 is 1. The van der Waals surface area contributed by atoms with E-state index in [2.05, 4.69) is 40.1 Å². The average molecular weight is 618 g/mol. The molecular weight excluding hydrogens is 574 g/mol. The fraction of sp³-hybridized carbons (Fsp3) is 0.371. The Bertz CT molecular complexity index is 1760. The molecule has 0 aliphatic heterocycles. The minimum Gasteiger partial charge on any atom is -0.496 e. The number of rotatable bonds is 13. The predicted molar refractivity (Wildman–Crippen MR) is 175 cm³/mol. The lowest BCUT2D eigenvalue weighted by molar-refractivity contribution is -0.129. The number of H-pyrrole nitrogens is 1. The molecule has 2 amide bonds. The van der Waals surface area contributed by atoms with Gasteiger partial charge in [-0.05, 0) is 73.2 Å². The molecule has 234 valence electrons. The first-order chi connectivity index (χ1) is 20.9. The number of sulfonamides is 1. The van der Waals surface area contributed by atoms with Gasteiger partial charge in [-0.15, -0.1) is 0 Å². The second-order valence-corrected chi connectivity index (χ2v) is 13.6. The molecule has 8 nitrogen and oxygen atoms in total. The van der Waals surface area contributed by atoms with Gasteiger partial charge in [0.1, 0.15) is 5.75 Å². The predicted octanol–water partition coefficient (Wildman–Crippen LogP) is 6.63. The summed E-state index contributed by atoms with van der Waals surface area (Å²) >= 11 is 0. The van der Waals surface area contributed by atoms with Gasteiger partial charge in [0.25, 0.3) is 15.9 Å². The normalized spacial score (nSPS) is 12.6. The average Bonchev–Trinajstić information content (AvgIpc) is 3.41. The van der Waals surface area contributed by atoms with Crippen molar-refractivity contribution in [2.24, 2.45) is 5.41 Å². The van der Waals surface area contributed by atoms with Crippen molar-refractivity contribution < 1.29 is 22.7 Å². The van der Waals surface area contributed by atoms with Crippen LogP contribution in [0.5, 0.6) is 5.75 Å². The second-order valence-electron chi connectivity index (χ2n) is 11.9. The monoisotopic (exact) mass is 617 g/mol. The molecule has 4 aromatic rings. The van der Waals surface area contributed by atoms with Crippen LogP contribution in [0.1, 0.15) is 85.5 Å². The number of nitrogens with one attached hydrogen (secondary N) is 3. The molecule has 1 atom stereocenters. The van der Waals surface area contributed by atoms with E-state index in [1.165, 1.54) is 6.07 Å². The number of benzene rings is 3. The summed E-state index contributed by atoms with van der Waals surface area (Å²) in [6.07, 6.45) is 5.23. The van der Waals surface area contributed by atoms with E-state index in [-0.39, 0.29) is 22.3 Å². The van der Waals surface area contributed by atoms with Crippen LogP contribution >= 0.6 is 0 Å². The Kier molecular flexibility index (Phi) is 10.2. The lowest BCUT2D eigenvalue weighted by Crippen LogP contribution is -2.38. The van der Waals surface area contributed by atoms with Crippen molar-refractivity contribution in [2.75, 3.05) is 13.7 Å². The number of amides is 2. The first kappa shape index (κ1) is 32.8. The van der Waals surface area contributed by atoms with Crippen molar-refractivity contribution in [1.82, 2.24) is 15.0 Å². The van der Waals surface area contributed by atoms with Crippen LogP contribution in [0.25, 0.3) is 10.9 Å². The van der Waals surface area contributed by atoms with Crippen molar-refractivity contribution in [3.05, 3.63) is 94.7 Å². The largest absolute Gasteiger partial charge is 0.496 e. The minimum atomic E-state index is -4.05. The topological polar surface area (TPSA) is 117 Å². The van der Waals surface area contributed by atoms with E-state index < -0.39 is 21.3 Å². The molecule has 1 heterocycles. The van der Waals surface area contributed by atoms with E-state index in [4.69, 9.17) is 4.74 Å². The SMILES string of the molecule is CCCNC(=O)C(C)(C)Cc1ccc2[nH]cc(C(CCC)c3ccc(C(=O)NS(=O)(=O)c4ccccc4C)cc3OC)c2c1. The third-order valence-corrected chi connectivity index (χ3v) is 9.50. The van der Waals surface area contributed by atoms with Gasteiger partial charge in [0, 0.05) is 46.1 Å².